The Labute approximate surface area is 63.1 Å². The van der Waals surface area contributed by atoms with Crippen LogP contribution in [-0.4, -0.2) is 36.5 Å². The molecule has 0 aliphatic carbocycles. The fourth-order valence-corrected chi connectivity index (χ4v) is 0.341. The number of rotatable bonds is 2. The van der Waals surface area contributed by atoms with Crippen molar-refractivity contribution in [2.75, 3.05) is 14.1 Å². The van der Waals surface area contributed by atoms with E-state index in [9.17, 15) is 0 Å². The molecule has 0 aromatic heterocycles. The number of aliphatic hydroxyl groups is 2. The first kappa shape index (κ1) is 12.5. The molecule has 0 saturated heterocycles. The van der Waals surface area contributed by atoms with E-state index >= 15 is 0 Å². The SMILES string of the molecule is CCC(O)C(C)O.CNC. The summed E-state index contributed by atoms with van der Waals surface area (Å²) in [6.45, 7) is 3.41. The molecule has 3 heteroatoms. The largest absolute Gasteiger partial charge is 0.391 e. The second kappa shape index (κ2) is 8.88. The van der Waals surface area contributed by atoms with Crippen molar-refractivity contribution in [1.82, 2.24) is 5.32 Å². The molecule has 10 heavy (non-hydrogen) atoms. The second-order valence-corrected chi connectivity index (χ2v) is 2.22. The van der Waals surface area contributed by atoms with Crippen molar-refractivity contribution in [2.24, 2.45) is 0 Å². The summed E-state index contributed by atoms with van der Waals surface area (Å²) in [5.41, 5.74) is 0. The number of nitrogens with one attached hydrogen (secondary N) is 1. The van der Waals surface area contributed by atoms with E-state index in [1.165, 1.54) is 0 Å². The smallest absolute Gasteiger partial charge is 0.0793 e. The zero-order valence-corrected chi connectivity index (χ0v) is 7.26. The zero-order valence-electron chi connectivity index (χ0n) is 7.26. The quantitative estimate of drug-likeness (QED) is 0.517. The Bertz CT molecular complexity index is 57.6. The van der Waals surface area contributed by atoms with Gasteiger partial charge in [-0.25, -0.2) is 0 Å². The Morgan fingerprint density at radius 1 is 1.30 bits per heavy atom. The topological polar surface area (TPSA) is 52.5 Å². The molecule has 0 radical (unpaired) electrons. The Morgan fingerprint density at radius 3 is 1.60 bits per heavy atom. The van der Waals surface area contributed by atoms with E-state index in [1.807, 2.05) is 21.0 Å². The lowest BCUT2D eigenvalue weighted by Gasteiger charge is -2.08. The Morgan fingerprint density at radius 2 is 1.60 bits per heavy atom. The van der Waals surface area contributed by atoms with Gasteiger partial charge in [-0.15, -0.1) is 0 Å². The van der Waals surface area contributed by atoms with Crippen molar-refractivity contribution in [3.8, 4) is 0 Å². The summed E-state index contributed by atoms with van der Waals surface area (Å²) in [6.07, 6.45) is -0.498. The van der Waals surface area contributed by atoms with E-state index in [1.54, 1.807) is 6.92 Å². The summed E-state index contributed by atoms with van der Waals surface area (Å²) >= 11 is 0. The summed E-state index contributed by atoms with van der Waals surface area (Å²) in [4.78, 5) is 0. The van der Waals surface area contributed by atoms with Gasteiger partial charge >= 0.3 is 0 Å². The van der Waals surface area contributed by atoms with Crippen molar-refractivity contribution < 1.29 is 10.2 Å². The van der Waals surface area contributed by atoms with Gasteiger partial charge in [0.15, 0.2) is 0 Å². The molecule has 0 fully saturated rings. The van der Waals surface area contributed by atoms with Crippen LogP contribution in [0.15, 0.2) is 0 Å². The minimum atomic E-state index is -0.579. The van der Waals surface area contributed by atoms with Crippen LogP contribution in [0.25, 0.3) is 0 Å². The molecule has 64 valence electrons. The minimum Gasteiger partial charge on any atom is -0.391 e. The average molecular weight is 149 g/mol. The summed E-state index contributed by atoms with van der Waals surface area (Å²) in [7, 11) is 3.75. The molecule has 0 saturated carbocycles. The first-order chi connectivity index (χ1) is 4.59. The van der Waals surface area contributed by atoms with Crippen LogP contribution >= 0.6 is 0 Å². The molecule has 0 aromatic rings. The molecule has 0 aliphatic rings. The number of aliphatic hydroxyl groups excluding tert-OH is 2. The van der Waals surface area contributed by atoms with E-state index in [0.29, 0.717) is 6.42 Å². The third-order valence-corrected chi connectivity index (χ3v) is 0.975. The normalized spacial score (nSPS) is 15.0. The number of hydrogen-bond acceptors (Lipinski definition) is 3. The Kier molecular flexibility index (Phi) is 11.1. The maximum atomic E-state index is 8.69. The summed E-state index contributed by atoms with van der Waals surface area (Å²) in [6, 6.07) is 0. The van der Waals surface area contributed by atoms with Crippen LogP contribution in [0.2, 0.25) is 0 Å². The fourth-order valence-electron chi connectivity index (χ4n) is 0.341. The van der Waals surface area contributed by atoms with Crippen LogP contribution in [0, 0.1) is 0 Å². The van der Waals surface area contributed by atoms with Crippen LogP contribution in [0.3, 0.4) is 0 Å². The van der Waals surface area contributed by atoms with Gasteiger partial charge in [-0.05, 0) is 27.4 Å². The number of hydrogen-bond donors (Lipinski definition) is 3. The van der Waals surface area contributed by atoms with E-state index < -0.39 is 12.2 Å². The van der Waals surface area contributed by atoms with Crippen molar-refractivity contribution >= 4 is 0 Å². The predicted molar refractivity (Wildman–Crippen MR) is 43.0 cm³/mol. The highest BCUT2D eigenvalue weighted by molar-refractivity contribution is 4.56. The maximum absolute atomic E-state index is 8.69. The van der Waals surface area contributed by atoms with E-state index in [0.717, 1.165) is 0 Å². The Hall–Kier alpha value is -0.120. The molecule has 0 heterocycles. The lowest BCUT2D eigenvalue weighted by Crippen LogP contribution is -2.20. The maximum Gasteiger partial charge on any atom is 0.0793 e. The molecule has 2 unspecified atom stereocenters. The van der Waals surface area contributed by atoms with Crippen LogP contribution in [0.5, 0.6) is 0 Å². The molecule has 0 spiro atoms. The van der Waals surface area contributed by atoms with Gasteiger partial charge in [0.25, 0.3) is 0 Å². The van der Waals surface area contributed by atoms with E-state index in [4.69, 9.17) is 10.2 Å². The molecule has 0 amide bonds. The van der Waals surface area contributed by atoms with Gasteiger partial charge in [-0.2, -0.15) is 0 Å². The first-order valence-corrected chi connectivity index (χ1v) is 3.54. The molecule has 0 aliphatic heterocycles. The van der Waals surface area contributed by atoms with Crippen molar-refractivity contribution in [2.45, 2.75) is 32.5 Å². The molecule has 0 bridgehead atoms. The van der Waals surface area contributed by atoms with Gasteiger partial charge in [-0.3, -0.25) is 0 Å². The molecule has 3 N–H and O–H groups in total. The highest BCUT2D eigenvalue weighted by Crippen LogP contribution is 1.94. The zero-order chi connectivity index (χ0) is 8.57. The van der Waals surface area contributed by atoms with Gasteiger partial charge in [0.1, 0.15) is 0 Å². The molecule has 3 nitrogen and oxygen atoms in total. The lowest BCUT2D eigenvalue weighted by atomic mass is 10.2. The van der Waals surface area contributed by atoms with Gasteiger partial charge < -0.3 is 15.5 Å². The third-order valence-electron chi connectivity index (χ3n) is 0.975. The standard InChI is InChI=1S/C5H12O2.C2H7N/c1-3-5(7)4(2)6;1-3-2/h4-7H,3H2,1-2H3;3H,1-2H3. The first-order valence-electron chi connectivity index (χ1n) is 3.54. The fraction of sp³-hybridized carbons (Fsp3) is 1.00. The van der Waals surface area contributed by atoms with Gasteiger partial charge in [0.05, 0.1) is 12.2 Å². The predicted octanol–water partition coefficient (Wildman–Crippen LogP) is -0.0263. The monoisotopic (exact) mass is 149 g/mol. The van der Waals surface area contributed by atoms with Gasteiger partial charge in [0, 0.05) is 0 Å². The van der Waals surface area contributed by atoms with Gasteiger partial charge in [-0.1, -0.05) is 6.92 Å². The lowest BCUT2D eigenvalue weighted by molar-refractivity contribution is 0.0294. The summed E-state index contributed by atoms with van der Waals surface area (Å²) in [5.74, 6) is 0. The molecule has 0 aromatic carbocycles. The van der Waals surface area contributed by atoms with Crippen LogP contribution in [0.1, 0.15) is 20.3 Å². The Balaban J connectivity index is 0. The summed E-state index contributed by atoms with van der Waals surface area (Å²) < 4.78 is 0. The highest BCUT2D eigenvalue weighted by Gasteiger charge is 2.05. The van der Waals surface area contributed by atoms with Crippen molar-refractivity contribution in [3.05, 3.63) is 0 Å². The van der Waals surface area contributed by atoms with Crippen molar-refractivity contribution in [3.63, 3.8) is 0 Å². The van der Waals surface area contributed by atoms with Crippen LogP contribution in [-0.2, 0) is 0 Å². The molecule has 2 atom stereocenters. The second-order valence-electron chi connectivity index (χ2n) is 2.22. The van der Waals surface area contributed by atoms with E-state index in [2.05, 4.69) is 5.32 Å². The molecular formula is C7H19NO2. The minimum absolute atomic E-state index is 0.542. The van der Waals surface area contributed by atoms with E-state index in [-0.39, 0.29) is 0 Å². The summed E-state index contributed by atoms with van der Waals surface area (Å²) in [5, 5.41) is 20.0. The van der Waals surface area contributed by atoms with Crippen LogP contribution < -0.4 is 5.32 Å². The molecular weight excluding hydrogens is 130 g/mol. The third kappa shape index (κ3) is 10.8. The average Bonchev–Trinajstić information content (AvgIpc) is 1.88. The molecule has 0 rings (SSSR count). The van der Waals surface area contributed by atoms with Crippen LogP contribution in [0.4, 0.5) is 0 Å². The van der Waals surface area contributed by atoms with Gasteiger partial charge in [0.2, 0.25) is 0 Å². The van der Waals surface area contributed by atoms with Crippen molar-refractivity contribution in [1.29, 1.82) is 0 Å². The highest BCUT2D eigenvalue weighted by atomic mass is 16.3.